The lowest BCUT2D eigenvalue weighted by atomic mass is 10.2. The molecule has 0 aliphatic rings. The Kier molecular flexibility index (Phi) is 2.23. The first-order valence-corrected chi connectivity index (χ1v) is 2.98. The van der Waals surface area contributed by atoms with Crippen LogP contribution in [-0.2, 0) is 11.2 Å². The molecule has 1 aromatic heterocycles. The summed E-state index contributed by atoms with van der Waals surface area (Å²) in [6.45, 7) is 0. The van der Waals surface area contributed by atoms with Crippen molar-refractivity contribution in [3.63, 3.8) is 0 Å². The molecule has 0 bridgehead atoms. The lowest BCUT2D eigenvalue weighted by molar-refractivity contribution is 0.491. The van der Waals surface area contributed by atoms with Crippen LogP contribution in [0.25, 0.3) is 0 Å². The molecule has 0 aliphatic heterocycles. The van der Waals surface area contributed by atoms with Crippen molar-refractivity contribution in [3.8, 4) is 0 Å². The Morgan fingerprint density at radius 1 is 1.80 bits per heavy atom. The van der Waals surface area contributed by atoms with Crippen molar-refractivity contribution in [1.82, 2.24) is 0 Å². The van der Waals surface area contributed by atoms with Gasteiger partial charge < -0.3 is 10.2 Å². The summed E-state index contributed by atoms with van der Waals surface area (Å²) in [6.07, 6.45) is 3.65. The van der Waals surface area contributed by atoms with Gasteiger partial charge in [-0.15, -0.1) is 0 Å². The molecular formula is C7H8NO2. The number of rotatable bonds is 3. The number of hydrogen-bond acceptors (Lipinski definition) is 3. The van der Waals surface area contributed by atoms with Crippen LogP contribution in [0.2, 0.25) is 0 Å². The van der Waals surface area contributed by atoms with Crippen molar-refractivity contribution >= 4 is 6.29 Å². The highest BCUT2D eigenvalue weighted by molar-refractivity contribution is 5.58. The first-order valence-electron chi connectivity index (χ1n) is 2.98. The number of carbonyl (C=O) groups excluding carboxylic acids is 1. The molecule has 0 aliphatic carbocycles. The SMILES string of the molecule is NC([C]=O)Cc1ccco1. The predicted octanol–water partition coefficient (Wildman–Crippen LogP) is 0.259. The largest absolute Gasteiger partial charge is 0.469 e. The van der Waals surface area contributed by atoms with Gasteiger partial charge in [0.15, 0.2) is 0 Å². The summed E-state index contributed by atoms with van der Waals surface area (Å²) in [4.78, 5) is 9.94. The van der Waals surface area contributed by atoms with Crippen LogP contribution < -0.4 is 5.73 Å². The van der Waals surface area contributed by atoms with Gasteiger partial charge in [-0.3, -0.25) is 4.79 Å². The molecule has 0 amide bonds. The highest BCUT2D eigenvalue weighted by Crippen LogP contribution is 2.01. The maximum absolute atomic E-state index is 9.94. The second-order valence-electron chi connectivity index (χ2n) is 2.01. The fraction of sp³-hybridized carbons (Fsp3) is 0.286. The van der Waals surface area contributed by atoms with Crippen molar-refractivity contribution in [1.29, 1.82) is 0 Å². The lowest BCUT2D eigenvalue weighted by Crippen LogP contribution is -2.23. The Hall–Kier alpha value is -1.09. The lowest BCUT2D eigenvalue weighted by Gasteiger charge is -1.96. The molecule has 2 N–H and O–H groups in total. The van der Waals surface area contributed by atoms with Crippen LogP contribution in [0.1, 0.15) is 5.76 Å². The molecular weight excluding hydrogens is 130 g/mol. The van der Waals surface area contributed by atoms with E-state index in [4.69, 9.17) is 10.2 Å². The third kappa shape index (κ3) is 1.70. The molecule has 1 unspecified atom stereocenters. The minimum Gasteiger partial charge on any atom is -0.469 e. The van der Waals surface area contributed by atoms with Gasteiger partial charge in [-0.1, -0.05) is 0 Å². The molecule has 1 radical (unpaired) electrons. The quantitative estimate of drug-likeness (QED) is 0.651. The van der Waals surface area contributed by atoms with Crippen LogP contribution in [0.15, 0.2) is 22.8 Å². The molecule has 0 saturated heterocycles. The molecule has 3 heteroatoms. The maximum atomic E-state index is 9.94. The van der Waals surface area contributed by atoms with E-state index in [-0.39, 0.29) is 0 Å². The van der Waals surface area contributed by atoms with E-state index in [0.717, 1.165) is 5.76 Å². The van der Waals surface area contributed by atoms with Gasteiger partial charge in [0.05, 0.1) is 12.3 Å². The monoisotopic (exact) mass is 138 g/mol. The van der Waals surface area contributed by atoms with Gasteiger partial charge in [0.25, 0.3) is 0 Å². The minimum atomic E-state index is -0.564. The van der Waals surface area contributed by atoms with E-state index < -0.39 is 6.04 Å². The zero-order valence-corrected chi connectivity index (χ0v) is 5.41. The normalized spacial score (nSPS) is 12.9. The number of hydrogen-bond donors (Lipinski definition) is 1. The van der Waals surface area contributed by atoms with Crippen LogP contribution in [0.3, 0.4) is 0 Å². The maximum Gasteiger partial charge on any atom is 0.217 e. The molecule has 1 heterocycles. The fourth-order valence-corrected chi connectivity index (χ4v) is 0.687. The van der Waals surface area contributed by atoms with E-state index in [9.17, 15) is 4.79 Å². The van der Waals surface area contributed by atoms with Crippen molar-refractivity contribution in [2.24, 2.45) is 5.73 Å². The van der Waals surface area contributed by atoms with Gasteiger partial charge in [-0.05, 0) is 12.1 Å². The average molecular weight is 138 g/mol. The highest BCUT2D eigenvalue weighted by Gasteiger charge is 2.03. The van der Waals surface area contributed by atoms with E-state index >= 15 is 0 Å². The van der Waals surface area contributed by atoms with Crippen LogP contribution in [0, 0.1) is 0 Å². The highest BCUT2D eigenvalue weighted by atomic mass is 16.3. The summed E-state index contributed by atoms with van der Waals surface area (Å²) in [6, 6.07) is 2.97. The summed E-state index contributed by atoms with van der Waals surface area (Å²) < 4.78 is 4.95. The van der Waals surface area contributed by atoms with Gasteiger partial charge in [0.1, 0.15) is 5.76 Å². The van der Waals surface area contributed by atoms with E-state index in [0.29, 0.717) is 6.42 Å². The molecule has 10 heavy (non-hydrogen) atoms. The smallest absolute Gasteiger partial charge is 0.217 e. The van der Waals surface area contributed by atoms with E-state index in [1.54, 1.807) is 24.7 Å². The number of nitrogens with two attached hydrogens (primary N) is 1. The summed E-state index contributed by atoms with van der Waals surface area (Å²) >= 11 is 0. The predicted molar refractivity (Wildman–Crippen MR) is 36.1 cm³/mol. The molecule has 3 nitrogen and oxygen atoms in total. The van der Waals surface area contributed by atoms with Crippen molar-refractivity contribution in [2.75, 3.05) is 0 Å². The summed E-state index contributed by atoms with van der Waals surface area (Å²) in [7, 11) is 0. The fourth-order valence-electron chi connectivity index (χ4n) is 0.687. The Morgan fingerprint density at radius 3 is 3.10 bits per heavy atom. The van der Waals surface area contributed by atoms with E-state index in [1.807, 2.05) is 0 Å². The third-order valence-electron chi connectivity index (χ3n) is 1.15. The molecule has 1 atom stereocenters. The second-order valence-corrected chi connectivity index (χ2v) is 2.01. The van der Waals surface area contributed by atoms with Gasteiger partial charge in [0.2, 0.25) is 6.29 Å². The summed E-state index contributed by atoms with van der Waals surface area (Å²) in [5.74, 6) is 0.718. The number of furan rings is 1. The van der Waals surface area contributed by atoms with Gasteiger partial charge >= 0.3 is 0 Å². The zero-order chi connectivity index (χ0) is 7.40. The van der Waals surface area contributed by atoms with Crippen LogP contribution in [-0.4, -0.2) is 12.3 Å². The van der Waals surface area contributed by atoms with Crippen molar-refractivity contribution < 1.29 is 9.21 Å². The zero-order valence-electron chi connectivity index (χ0n) is 5.41. The average Bonchev–Trinajstić information content (AvgIpc) is 2.40. The molecule has 0 saturated carbocycles. The van der Waals surface area contributed by atoms with Gasteiger partial charge in [0, 0.05) is 6.42 Å². The molecule has 0 fully saturated rings. The topological polar surface area (TPSA) is 56.2 Å². The summed E-state index contributed by atoms with van der Waals surface area (Å²) in [5, 5.41) is 0. The Balaban J connectivity index is 2.47. The Labute approximate surface area is 58.8 Å². The van der Waals surface area contributed by atoms with Crippen LogP contribution in [0.5, 0.6) is 0 Å². The molecule has 0 spiro atoms. The summed E-state index contributed by atoms with van der Waals surface area (Å²) in [5.41, 5.74) is 5.28. The standard InChI is InChI=1S/C7H8NO2/c8-6(5-9)4-7-2-1-3-10-7/h1-3,6H,4,8H2. The van der Waals surface area contributed by atoms with Crippen molar-refractivity contribution in [3.05, 3.63) is 24.2 Å². The Morgan fingerprint density at radius 2 is 2.60 bits per heavy atom. The molecule has 0 aromatic carbocycles. The first-order chi connectivity index (χ1) is 4.83. The first kappa shape index (κ1) is 7.02. The van der Waals surface area contributed by atoms with Crippen LogP contribution in [0.4, 0.5) is 0 Å². The molecule has 53 valence electrons. The van der Waals surface area contributed by atoms with E-state index in [1.165, 1.54) is 0 Å². The molecule has 1 rings (SSSR count). The van der Waals surface area contributed by atoms with Gasteiger partial charge in [-0.25, -0.2) is 0 Å². The Bertz CT molecular complexity index is 193. The second kappa shape index (κ2) is 3.17. The third-order valence-corrected chi connectivity index (χ3v) is 1.15. The van der Waals surface area contributed by atoms with Crippen LogP contribution >= 0.6 is 0 Å². The molecule has 1 aromatic rings. The van der Waals surface area contributed by atoms with E-state index in [2.05, 4.69) is 0 Å². The minimum absolute atomic E-state index is 0.427. The van der Waals surface area contributed by atoms with Gasteiger partial charge in [-0.2, -0.15) is 0 Å². The van der Waals surface area contributed by atoms with Crippen molar-refractivity contribution in [2.45, 2.75) is 12.5 Å².